The lowest BCUT2D eigenvalue weighted by Crippen LogP contribution is -2.30. The molecular weight excluding hydrogens is 296 g/mol. The molecule has 0 aromatic heterocycles. The van der Waals surface area contributed by atoms with E-state index in [0.29, 0.717) is 5.69 Å². The van der Waals surface area contributed by atoms with E-state index in [1.54, 1.807) is 12.1 Å². The molecule has 118 valence electrons. The van der Waals surface area contributed by atoms with Crippen molar-refractivity contribution in [3.8, 4) is 5.75 Å². The van der Waals surface area contributed by atoms with Gasteiger partial charge in [0.25, 0.3) is 0 Å². The van der Waals surface area contributed by atoms with E-state index in [-0.39, 0.29) is 35.9 Å². The first-order valence-corrected chi connectivity index (χ1v) is 7.87. The van der Waals surface area contributed by atoms with Gasteiger partial charge in [-0.1, -0.05) is 0 Å². The van der Waals surface area contributed by atoms with Crippen LogP contribution >= 0.6 is 0 Å². The summed E-state index contributed by atoms with van der Waals surface area (Å²) in [7, 11) is 0.771. The summed E-state index contributed by atoms with van der Waals surface area (Å²) in [5.74, 6) is 0.263. The zero-order valence-corrected chi connectivity index (χ0v) is 13.1. The Kier molecular flexibility index (Phi) is 4.72. The Bertz CT molecular complexity index is 593. The Morgan fingerprint density at radius 3 is 2.19 bits per heavy atom. The fraction of sp³-hybridized carbons (Fsp3) is 0.538. The van der Waals surface area contributed by atoms with Gasteiger partial charge in [-0.05, 0) is 18.2 Å². The van der Waals surface area contributed by atoms with E-state index in [2.05, 4.69) is 0 Å². The van der Waals surface area contributed by atoms with Crippen molar-refractivity contribution in [1.29, 1.82) is 0 Å². The minimum absolute atomic E-state index is 0.0524. The number of ether oxygens (including phenoxy) is 3. The van der Waals surface area contributed by atoms with Crippen LogP contribution in [-0.2, 0) is 19.5 Å². The van der Waals surface area contributed by atoms with Gasteiger partial charge in [-0.3, -0.25) is 0 Å². The summed E-state index contributed by atoms with van der Waals surface area (Å²) in [6, 6.07) is 4.54. The standard InChI is InChI=1S/C13H20N2O5S/c1-18-10-5-4-9(14)6-13(10)21(16,17)15-7-11(19-2)12(8-15)20-3/h4-6,11-12H,7-8,14H2,1-3H3. The Labute approximate surface area is 124 Å². The number of hydrogen-bond donors (Lipinski definition) is 1. The second-order valence-electron chi connectivity index (χ2n) is 4.78. The average molecular weight is 316 g/mol. The lowest BCUT2D eigenvalue weighted by molar-refractivity contribution is -0.00461. The summed E-state index contributed by atoms with van der Waals surface area (Å²) in [5.41, 5.74) is 6.06. The summed E-state index contributed by atoms with van der Waals surface area (Å²) in [5, 5.41) is 0. The quantitative estimate of drug-likeness (QED) is 0.786. The molecule has 1 aromatic rings. The van der Waals surface area contributed by atoms with Gasteiger partial charge in [0, 0.05) is 33.0 Å². The predicted molar refractivity (Wildman–Crippen MR) is 77.8 cm³/mol. The van der Waals surface area contributed by atoms with Crippen LogP contribution in [-0.4, -0.2) is 59.3 Å². The number of anilines is 1. The first-order valence-electron chi connectivity index (χ1n) is 6.43. The molecule has 1 heterocycles. The van der Waals surface area contributed by atoms with Gasteiger partial charge in [0.1, 0.15) is 10.6 Å². The van der Waals surface area contributed by atoms with E-state index >= 15 is 0 Å². The molecule has 8 heteroatoms. The van der Waals surface area contributed by atoms with Crippen molar-refractivity contribution < 1.29 is 22.6 Å². The summed E-state index contributed by atoms with van der Waals surface area (Å²) in [6.45, 7) is 0.463. The topological polar surface area (TPSA) is 91.1 Å². The molecule has 1 aromatic carbocycles. The fourth-order valence-electron chi connectivity index (χ4n) is 2.39. The Balaban J connectivity index is 2.37. The molecule has 21 heavy (non-hydrogen) atoms. The van der Waals surface area contributed by atoms with E-state index in [4.69, 9.17) is 19.9 Å². The number of nitrogen functional groups attached to an aromatic ring is 1. The van der Waals surface area contributed by atoms with Crippen molar-refractivity contribution in [2.45, 2.75) is 17.1 Å². The minimum Gasteiger partial charge on any atom is -0.495 e. The summed E-state index contributed by atoms with van der Waals surface area (Å²) >= 11 is 0. The molecule has 0 aliphatic carbocycles. The molecule has 1 aliphatic heterocycles. The van der Waals surface area contributed by atoms with Crippen LogP contribution < -0.4 is 10.5 Å². The van der Waals surface area contributed by atoms with Crippen molar-refractivity contribution in [3.05, 3.63) is 18.2 Å². The number of hydrogen-bond acceptors (Lipinski definition) is 6. The molecule has 2 atom stereocenters. The molecule has 2 unspecified atom stereocenters. The zero-order valence-electron chi connectivity index (χ0n) is 12.3. The molecule has 0 amide bonds. The number of benzene rings is 1. The first kappa shape index (κ1) is 16.0. The number of nitrogens with zero attached hydrogens (tertiary/aromatic N) is 1. The van der Waals surface area contributed by atoms with Crippen LogP contribution in [0.2, 0.25) is 0 Å². The molecule has 7 nitrogen and oxygen atoms in total. The van der Waals surface area contributed by atoms with Crippen molar-refractivity contribution in [3.63, 3.8) is 0 Å². The highest BCUT2D eigenvalue weighted by Gasteiger charge is 2.40. The highest BCUT2D eigenvalue weighted by atomic mass is 32.2. The van der Waals surface area contributed by atoms with E-state index < -0.39 is 10.0 Å². The van der Waals surface area contributed by atoms with Gasteiger partial charge in [-0.15, -0.1) is 0 Å². The van der Waals surface area contributed by atoms with Gasteiger partial charge < -0.3 is 19.9 Å². The molecule has 0 spiro atoms. The number of methoxy groups -OCH3 is 3. The average Bonchev–Trinajstić information content (AvgIpc) is 2.91. The molecule has 0 radical (unpaired) electrons. The summed E-state index contributed by atoms with van der Waals surface area (Å²) in [6.07, 6.45) is -0.589. The van der Waals surface area contributed by atoms with Crippen LogP contribution in [0.5, 0.6) is 5.75 Å². The van der Waals surface area contributed by atoms with Crippen LogP contribution in [0.4, 0.5) is 5.69 Å². The van der Waals surface area contributed by atoms with Crippen LogP contribution in [0.15, 0.2) is 23.1 Å². The van der Waals surface area contributed by atoms with E-state index in [1.807, 2.05) is 0 Å². The largest absolute Gasteiger partial charge is 0.495 e. The highest BCUT2D eigenvalue weighted by molar-refractivity contribution is 7.89. The Morgan fingerprint density at radius 2 is 1.71 bits per heavy atom. The van der Waals surface area contributed by atoms with Gasteiger partial charge in [0.05, 0.1) is 19.3 Å². The van der Waals surface area contributed by atoms with Crippen LogP contribution in [0.3, 0.4) is 0 Å². The summed E-state index contributed by atoms with van der Waals surface area (Å²) < 4.78 is 42.5. The third kappa shape index (κ3) is 2.98. The van der Waals surface area contributed by atoms with Gasteiger partial charge in [-0.2, -0.15) is 4.31 Å². The second kappa shape index (κ2) is 6.18. The molecular formula is C13H20N2O5S. The molecule has 2 rings (SSSR count). The van der Waals surface area contributed by atoms with E-state index in [0.717, 1.165) is 0 Å². The molecule has 1 saturated heterocycles. The van der Waals surface area contributed by atoms with Crippen LogP contribution in [0, 0.1) is 0 Å². The molecule has 1 aliphatic rings. The lowest BCUT2D eigenvalue weighted by atomic mass is 10.3. The SMILES string of the molecule is COc1ccc(N)cc1S(=O)(=O)N1CC(OC)C(OC)C1. The first-order chi connectivity index (χ1) is 9.93. The monoisotopic (exact) mass is 316 g/mol. The van der Waals surface area contributed by atoms with Crippen molar-refractivity contribution >= 4 is 15.7 Å². The van der Waals surface area contributed by atoms with Crippen LogP contribution in [0.25, 0.3) is 0 Å². The van der Waals surface area contributed by atoms with Gasteiger partial charge in [0.2, 0.25) is 10.0 Å². The normalized spacial score (nSPS) is 23.4. The van der Waals surface area contributed by atoms with Crippen molar-refractivity contribution in [2.24, 2.45) is 0 Å². The smallest absolute Gasteiger partial charge is 0.247 e. The fourth-order valence-corrected chi connectivity index (χ4v) is 4.05. The molecule has 0 saturated carbocycles. The predicted octanol–water partition coefficient (Wildman–Crippen LogP) is 0.312. The van der Waals surface area contributed by atoms with Gasteiger partial charge in [-0.25, -0.2) is 8.42 Å². The Hall–Kier alpha value is -1.35. The van der Waals surface area contributed by atoms with E-state index in [1.165, 1.54) is 31.7 Å². The number of nitrogens with two attached hydrogens (primary N) is 1. The van der Waals surface area contributed by atoms with Crippen molar-refractivity contribution in [1.82, 2.24) is 4.31 Å². The minimum atomic E-state index is -3.72. The maximum Gasteiger partial charge on any atom is 0.247 e. The van der Waals surface area contributed by atoms with Crippen LogP contribution in [0.1, 0.15) is 0 Å². The zero-order chi connectivity index (χ0) is 15.6. The van der Waals surface area contributed by atoms with Crippen molar-refractivity contribution in [2.75, 3.05) is 40.2 Å². The maximum absolute atomic E-state index is 12.8. The maximum atomic E-state index is 12.8. The number of sulfonamides is 1. The van der Waals surface area contributed by atoms with Gasteiger partial charge in [0.15, 0.2) is 0 Å². The molecule has 1 fully saturated rings. The Morgan fingerprint density at radius 1 is 1.14 bits per heavy atom. The molecule has 0 bridgehead atoms. The highest BCUT2D eigenvalue weighted by Crippen LogP contribution is 2.31. The lowest BCUT2D eigenvalue weighted by Gasteiger charge is -2.18. The summed E-state index contributed by atoms with van der Waals surface area (Å²) in [4.78, 5) is 0.0524. The second-order valence-corrected chi connectivity index (χ2v) is 6.69. The third-order valence-corrected chi connectivity index (χ3v) is 5.45. The molecule has 2 N–H and O–H groups in total. The third-order valence-electron chi connectivity index (χ3n) is 3.59. The number of rotatable bonds is 5. The van der Waals surface area contributed by atoms with Gasteiger partial charge >= 0.3 is 0 Å². The van der Waals surface area contributed by atoms with E-state index in [9.17, 15) is 8.42 Å².